The van der Waals surface area contributed by atoms with Crippen molar-refractivity contribution >= 4 is 24.3 Å². The Morgan fingerprint density at radius 3 is 1.75 bits per heavy atom. The minimum atomic E-state index is -0.740. The van der Waals surface area contributed by atoms with Crippen LogP contribution in [0.5, 0.6) is 0 Å². The van der Waals surface area contributed by atoms with Crippen molar-refractivity contribution in [2.24, 2.45) is 0 Å². The number of hydrogen-bond acceptors (Lipinski definition) is 2. The molecule has 0 saturated heterocycles. The van der Waals surface area contributed by atoms with Crippen LogP contribution in [-0.2, 0) is 0 Å². The van der Waals surface area contributed by atoms with Gasteiger partial charge in [0, 0.05) is 11.7 Å². The van der Waals surface area contributed by atoms with Gasteiger partial charge in [0.1, 0.15) is 0 Å². The van der Waals surface area contributed by atoms with Crippen molar-refractivity contribution in [3.8, 4) is 6.07 Å². The Bertz CT molecular complexity index is 812. The van der Waals surface area contributed by atoms with Gasteiger partial charge < -0.3 is 0 Å². The summed E-state index contributed by atoms with van der Waals surface area (Å²) in [7, 11) is -0.740. The van der Waals surface area contributed by atoms with E-state index in [0.717, 1.165) is 0 Å². The molecule has 0 atom stereocenters. The molecule has 0 N–H and O–H groups in total. The van der Waals surface area contributed by atoms with Crippen molar-refractivity contribution in [3.05, 3.63) is 96.1 Å². The number of carbonyl (C=O) groups excluding carboxylic acids is 1. The number of rotatable bonds is 5. The van der Waals surface area contributed by atoms with Crippen LogP contribution in [0.1, 0.15) is 15.9 Å². The molecule has 0 saturated carbocycles. The molecular formula is C21H16NOP. The van der Waals surface area contributed by atoms with Crippen molar-refractivity contribution in [2.75, 3.05) is 6.16 Å². The summed E-state index contributed by atoms with van der Waals surface area (Å²) in [6.45, 7) is 0. The number of hydrogen-bond donors (Lipinski definition) is 0. The maximum absolute atomic E-state index is 12.7. The summed E-state index contributed by atoms with van der Waals surface area (Å²) in [5.74, 6) is 0.110. The number of nitriles is 1. The Kier molecular flexibility index (Phi) is 5.16. The van der Waals surface area contributed by atoms with Crippen LogP contribution in [0.15, 0.2) is 84.9 Å². The molecule has 24 heavy (non-hydrogen) atoms. The normalized spacial score (nSPS) is 10.3. The Hall–Kier alpha value is -2.75. The van der Waals surface area contributed by atoms with Crippen molar-refractivity contribution in [1.82, 2.24) is 0 Å². The third-order valence-electron chi connectivity index (χ3n) is 3.77. The lowest BCUT2D eigenvalue weighted by atomic mass is 10.1. The van der Waals surface area contributed by atoms with E-state index in [9.17, 15) is 4.79 Å². The molecule has 3 aromatic rings. The molecule has 3 aromatic carbocycles. The van der Waals surface area contributed by atoms with Crippen molar-refractivity contribution in [1.29, 1.82) is 5.26 Å². The van der Waals surface area contributed by atoms with Gasteiger partial charge >= 0.3 is 0 Å². The van der Waals surface area contributed by atoms with Gasteiger partial charge in [-0.15, -0.1) is 0 Å². The van der Waals surface area contributed by atoms with Gasteiger partial charge in [-0.2, -0.15) is 5.26 Å². The Morgan fingerprint density at radius 2 is 1.29 bits per heavy atom. The molecule has 0 unspecified atom stereocenters. The standard InChI is InChI=1S/C21H16NOP/c22-15-17-11-13-18(14-12-17)21(23)16-24(19-7-3-1-4-8-19)20-9-5-2-6-10-20/h1-14H,16H2. The van der Waals surface area contributed by atoms with Crippen LogP contribution in [0.4, 0.5) is 0 Å². The van der Waals surface area contributed by atoms with Crippen LogP contribution in [-0.4, -0.2) is 11.9 Å². The summed E-state index contributed by atoms with van der Waals surface area (Å²) >= 11 is 0. The maximum Gasteiger partial charge on any atom is 0.167 e. The monoisotopic (exact) mass is 329 g/mol. The predicted octanol–water partition coefficient (Wildman–Crippen LogP) is 3.87. The van der Waals surface area contributed by atoms with Crippen LogP contribution < -0.4 is 10.6 Å². The quantitative estimate of drug-likeness (QED) is 0.526. The largest absolute Gasteiger partial charge is 0.294 e. The molecule has 0 aliphatic carbocycles. The first-order valence-electron chi connectivity index (χ1n) is 7.69. The van der Waals surface area contributed by atoms with E-state index >= 15 is 0 Å². The molecule has 0 amide bonds. The lowest BCUT2D eigenvalue weighted by Crippen LogP contribution is -2.18. The first kappa shape index (κ1) is 16.1. The van der Waals surface area contributed by atoms with E-state index < -0.39 is 7.92 Å². The fraction of sp³-hybridized carbons (Fsp3) is 0.0476. The summed E-state index contributed by atoms with van der Waals surface area (Å²) in [6, 6.07) is 29.3. The van der Waals surface area contributed by atoms with Crippen LogP contribution in [0.3, 0.4) is 0 Å². The maximum atomic E-state index is 12.7. The number of ketones is 1. The van der Waals surface area contributed by atoms with E-state index in [1.165, 1.54) is 10.6 Å². The second-order valence-electron chi connectivity index (χ2n) is 5.37. The minimum Gasteiger partial charge on any atom is -0.294 e. The fourth-order valence-corrected chi connectivity index (χ4v) is 4.71. The van der Waals surface area contributed by atoms with Crippen LogP contribution in [0.25, 0.3) is 0 Å². The molecule has 3 rings (SSSR count). The SMILES string of the molecule is N#Cc1ccc(C(=O)CP(c2ccccc2)c2ccccc2)cc1. The van der Waals surface area contributed by atoms with Crippen LogP contribution in [0.2, 0.25) is 0 Å². The molecule has 0 spiro atoms. The van der Waals surface area contributed by atoms with Gasteiger partial charge in [0.25, 0.3) is 0 Å². The van der Waals surface area contributed by atoms with Gasteiger partial charge in [-0.3, -0.25) is 4.79 Å². The van der Waals surface area contributed by atoms with E-state index in [1.807, 2.05) is 36.4 Å². The van der Waals surface area contributed by atoms with Gasteiger partial charge in [0.2, 0.25) is 0 Å². The highest BCUT2D eigenvalue weighted by molar-refractivity contribution is 7.73. The lowest BCUT2D eigenvalue weighted by Gasteiger charge is -2.18. The third kappa shape index (κ3) is 3.77. The molecule has 0 aromatic heterocycles. The first-order valence-corrected chi connectivity index (χ1v) is 9.21. The smallest absolute Gasteiger partial charge is 0.167 e. The number of Topliss-reactive ketones (excluding diaryl/α,β-unsaturated/α-hetero) is 1. The van der Waals surface area contributed by atoms with Gasteiger partial charge in [-0.1, -0.05) is 72.8 Å². The van der Waals surface area contributed by atoms with E-state index in [2.05, 4.69) is 30.3 Å². The third-order valence-corrected chi connectivity index (χ3v) is 6.22. The lowest BCUT2D eigenvalue weighted by molar-refractivity contribution is 0.102. The molecule has 0 aliphatic heterocycles. The zero-order valence-corrected chi connectivity index (χ0v) is 14.0. The van der Waals surface area contributed by atoms with Crippen molar-refractivity contribution < 1.29 is 4.79 Å². The molecule has 2 nitrogen and oxygen atoms in total. The second-order valence-corrected chi connectivity index (χ2v) is 7.57. The first-order chi connectivity index (χ1) is 11.8. The number of carbonyl (C=O) groups is 1. The highest BCUT2D eigenvalue weighted by Crippen LogP contribution is 2.34. The van der Waals surface area contributed by atoms with Crippen molar-refractivity contribution in [2.45, 2.75) is 0 Å². The zero-order valence-electron chi connectivity index (χ0n) is 13.1. The summed E-state index contributed by atoms with van der Waals surface area (Å²) in [5, 5.41) is 11.3. The van der Waals surface area contributed by atoms with Gasteiger partial charge in [0.15, 0.2) is 5.78 Å². The highest BCUT2D eigenvalue weighted by atomic mass is 31.1. The predicted molar refractivity (Wildman–Crippen MR) is 99.4 cm³/mol. The van der Waals surface area contributed by atoms with Gasteiger partial charge in [-0.05, 0) is 30.7 Å². The van der Waals surface area contributed by atoms with E-state index in [4.69, 9.17) is 5.26 Å². The van der Waals surface area contributed by atoms with E-state index in [1.54, 1.807) is 24.3 Å². The second kappa shape index (κ2) is 7.68. The molecule has 0 fully saturated rings. The van der Waals surface area contributed by atoms with Crippen LogP contribution in [0, 0.1) is 11.3 Å². The van der Waals surface area contributed by atoms with E-state index in [0.29, 0.717) is 17.3 Å². The molecule has 0 heterocycles. The average Bonchev–Trinajstić information content (AvgIpc) is 2.67. The summed E-state index contributed by atoms with van der Waals surface area (Å²) < 4.78 is 0. The summed E-state index contributed by atoms with van der Waals surface area (Å²) in [4.78, 5) is 12.7. The van der Waals surface area contributed by atoms with Crippen molar-refractivity contribution in [3.63, 3.8) is 0 Å². The summed E-state index contributed by atoms with van der Waals surface area (Å²) in [5.41, 5.74) is 1.23. The molecular weight excluding hydrogens is 313 g/mol. The molecule has 3 heteroatoms. The topological polar surface area (TPSA) is 40.9 Å². The molecule has 0 radical (unpaired) electrons. The Balaban J connectivity index is 1.89. The molecule has 116 valence electrons. The molecule has 0 aliphatic rings. The van der Waals surface area contributed by atoms with Gasteiger partial charge in [-0.25, -0.2) is 0 Å². The number of benzene rings is 3. The Labute approximate surface area is 143 Å². The zero-order chi connectivity index (χ0) is 16.8. The Morgan fingerprint density at radius 1 is 0.792 bits per heavy atom. The molecule has 0 bridgehead atoms. The average molecular weight is 329 g/mol. The summed E-state index contributed by atoms with van der Waals surface area (Å²) in [6.07, 6.45) is 0.468. The van der Waals surface area contributed by atoms with E-state index in [-0.39, 0.29) is 5.78 Å². The minimum absolute atomic E-state index is 0.110. The van der Waals surface area contributed by atoms with Gasteiger partial charge in [0.05, 0.1) is 11.6 Å². The highest BCUT2D eigenvalue weighted by Gasteiger charge is 2.18. The van der Waals surface area contributed by atoms with Crippen LogP contribution >= 0.6 is 7.92 Å². The number of nitrogens with zero attached hydrogens (tertiary/aromatic N) is 1. The fourth-order valence-electron chi connectivity index (χ4n) is 2.51.